The Hall–Kier alpha value is -0.720. The molecule has 0 aliphatic carbocycles. The molecule has 1 heteroatoms. The standard InChI is InChI=1S/C10H17N/c1-9(2)5-3-6-10-7-4-8-11-10/h4,7-9,11H,3,5-6H2,1-2H3. The summed E-state index contributed by atoms with van der Waals surface area (Å²) >= 11 is 0. The Morgan fingerprint density at radius 1 is 1.45 bits per heavy atom. The number of aryl methyl sites for hydroxylation is 1. The second-order valence-corrected chi connectivity index (χ2v) is 3.48. The smallest absolute Gasteiger partial charge is 0.0147 e. The van der Waals surface area contributed by atoms with Crippen molar-refractivity contribution in [3.05, 3.63) is 24.0 Å². The predicted octanol–water partition coefficient (Wildman–Crippen LogP) is 2.99. The van der Waals surface area contributed by atoms with Crippen molar-refractivity contribution in [3.63, 3.8) is 0 Å². The van der Waals surface area contributed by atoms with Gasteiger partial charge in [-0.25, -0.2) is 0 Å². The lowest BCUT2D eigenvalue weighted by Crippen LogP contribution is -1.90. The maximum absolute atomic E-state index is 3.21. The van der Waals surface area contributed by atoms with E-state index in [2.05, 4.69) is 31.0 Å². The molecule has 1 aromatic rings. The van der Waals surface area contributed by atoms with Crippen molar-refractivity contribution in [2.45, 2.75) is 33.1 Å². The molecule has 0 bridgehead atoms. The molecule has 1 nitrogen and oxygen atoms in total. The van der Waals surface area contributed by atoms with E-state index >= 15 is 0 Å². The summed E-state index contributed by atoms with van der Waals surface area (Å²) in [6, 6.07) is 4.21. The summed E-state index contributed by atoms with van der Waals surface area (Å²) < 4.78 is 0. The fourth-order valence-electron chi connectivity index (χ4n) is 1.22. The molecule has 11 heavy (non-hydrogen) atoms. The van der Waals surface area contributed by atoms with Gasteiger partial charge in [0.1, 0.15) is 0 Å². The van der Waals surface area contributed by atoms with Crippen LogP contribution in [0.15, 0.2) is 18.3 Å². The van der Waals surface area contributed by atoms with Gasteiger partial charge in [-0.3, -0.25) is 0 Å². The lowest BCUT2D eigenvalue weighted by Gasteiger charge is -2.02. The van der Waals surface area contributed by atoms with E-state index in [1.165, 1.54) is 25.0 Å². The van der Waals surface area contributed by atoms with E-state index in [1.807, 2.05) is 6.20 Å². The first-order valence-corrected chi connectivity index (χ1v) is 4.41. The molecule has 1 rings (SSSR count). The molecule has 0 saturated heterocycles. The van der Waals surface area contributed by atoms with Crippen LogP contribution in [0.25, 0.3) is 0 Å². The third-order valence-electron chi connectivity index (χ3n) is 1.89. The monoisotopic (exact) mass is 151 g/mol. The van der Waals surface area contributed by atoms with E-state index in [0.29, 0.717) is 0 Å². The summed E-state index contributed by atoms with van der Waals surface area (Å²) in [5.74, 6) is 0.838. The zero-order valence-corrected chi connectivity index (χ0v) is 7.43. The molecule has 0 aliphatic heterocycles. The largest absolute Gasteiger partial charge is 0.365 e. The van der Waals surface area contributed by atoms with Gasteiger partial charge < -0.3 is 4.98 Å². The van der Waals surface area contributed by atoms with Crippen LogP contribution in [0.3, 0.4) is 0 Å². The molecule has 0 atom stereocenters. The maximum atomic E-state index is 3.21. The van der Waals surface area contributed by atoms with Crippen molar-refractivity contribution in [1.29, 1.82) is 0 Å². The summed E-state index contributed by atoms with van der Waals surface area (Å²) in [5.41, 5.74) is 1.37. The Kier molecular flexibility index (Phi) is 3.21. The van der Waals surface area contributed by atoms with Crippen molar-refractivity contribution in [2.24, 2.45) is 5.92 Å². The normalized spacial score (nSPS) is 10.8. The van der Waals surface area contributed by atoms with Gasteiger partial charge >= 0.3 is 0 Å². The Labute approximate surface area is 68.8 Å². The van der Waals surface area contributed by atoms with Gasteiger partial charge in [-0.2, -0.15) is 0 Å². The number of aromatic amines is 1. The predicted molar refractivity (Wildman–Crippen MR) is 48.6 cm³/mol. The van der Waals surface area contributed by atoms with Gasteiger partial charge in [0, 0.05) is 11.9 Å². The van der Waals surface area contributed by atoms with Gasteiger partial charge in [0.2, 0.25) is 0 Å². The van der Waals surface area contributed by atoms with Crippen LogP contribution in [-0.4, -0.2) is 4.98 Å². The Bertz CT molecular complexity index is 175. The van der Waals surface area contributed by atoms with Crippen LogP contribution in [0.2, 0.25) is 0 Å². The molecule has 1 N–H and O–H groups in total. The second kappa shape index (κ2) is 4.22. The quantitative estimate of drug-likeness (QED) is 0.681. The van der Waals surface area contributed by atoms with Crippen molar-refractivity contribution in [2.75, 3.05) is 0 Å². The number of nitrogens with one attached hydrogen (secondary N) is 1. The van der Waals surface area contributed by atoms with E-state index in [4.69, 9.17) is 0 Å². The average Bonchev–Trinajstić information content (AvgIpc) is 2.39. The second-order valence-electron chi connectivity index (χ2n) is 3.48. The van der Waals surface area contributed by atoms with E-state index in [-0.39, 0.29) is 0 Å². The van der Waals surface area contributed by atoms with Gasteiger partial charge in [-0.1, -0.05) is 20.3 Å². The van der Waals surface area contributed by atoms with Gasteiger partial charge in [0.25, 0.3) is 0 Å². The Morgan fingerprint density at radius 2 is 2.27 bits per heavy atom. The van der Waals surface area contributed by atoms with Gasteiger partial charge in [0.05, 0.1) is 0 Å². The summed E-state index contributed by atoms with van der Waals surface area (Å²) in [7, 11) is 0. The fraction of sp³-hybridized carbons (Fsp3) is 0.600. The van der Waals surface area contributed by atoms with Gasteiger partial charge in [-0.05, 0) is 30.9 Å². The first kappa shape index (κ1) is 8.38. The molecule has 0 saturated carbocycles. The number of aromatic nitrogens is 1. The number of hydrogen-bond donors (Lipinski definition) is 1. The Balaban J connectivity index is 2.14. The lowest BCUT2D eigenvalue weighted by atomic mass is 10.1. The van der Waals surface area contributed by atoms with Crippen LogP contribution in [0.5, 0.6) is 0 Å². The first-order chi connectivity index (χ1) is 5.29. The topological polar surface area (TPSA) is 15.8 Å². The average molecular weight is 151 g/mol. The van der Waals surface area contributed by atoms with Crippen molar-refractivity contribution >= 4 is 0 Å². The van der Waals surface area contributed by atoms with Crippen molar-refractivity contribution in [1.82, 2.24) is 4.98 Å². The van der Waals surface area contributed by atoms with Crippen molar-refractivity contribution < 1.29 is 0 Å². The first-order valence-electron chi connectivity index (χ1n) is 4.41. The molecule has 0 spiro atoms. The summed E-state index contributed by atoms with van der Waals surface area (Å²) in [6.45, 7) is 4.55. The highest BCUT2D eigenvalue weighted by Gasteiger charge is 1.95. The fourth-order valence-corrected chi connectivity index (χ4v) is 1.22. The summed E-state index contributed by atoms with van der Waals surface area (Å²) in [4.78, 5) is 3.21. The van der Waals surface area contributed by atoms with Crippen molar-refractivity contribution in [3.8, 4) is 0 Å². The summed E-state index contributed by atoms with van der Waals surface area (Å²) in [5, 5.41) is 0. The minimum Gasteiger partial charge on any atom is -0.365 e. The number of H-pyrrole nitrogens is 1. The molecule has 0 fully saturated rings. The zero-order chi connectivity index (χ0) is 8.10. The molecule has 0 aromatic carbocycles. The maximum Gasteiger partial charge on any atom is 0.0147 e. The Morgan fingerprint density at radius 3 is 2.82 bits per heavy atom. The van der Waals surface area contributed by atoms with Crippen LogP contribution in [0, 0.1) is 5.92 Å². The molecular weight excluding hydrogens is 134 g/mol. The van der Waals surface area contributed by atoms with Crippen LogP contribution in [0.4, 0.5) is 0 Å². The highest BCUT2D eigenvalue weighted by atomic mass is 14.7. The van der Waals surface area contributed by atoms with Crippen LogP contribution in [0.1, 0.15) is 32.4 Å². The minimum atomic E-state index is 0.838. The molecule has 1 aromatic heterocycles. The number of hydrogen-bond acceptors (Lipinski definition) is 0. The highest BCUT2D eigenvalue weighted by Crippen LogP contribution is 2.07. The SMILES string of the molecule is CC(C)CCCc1ccc[nH]1. The third-order valence-corrected chi connectivity index (χ3v) is 1.89. The van der Waals surface area contributed by atoms with E-state index < -0.39 is 0 Å². The van der Waals surface area contributed by atoms with Gasteiger partial charge in [0.15, 0.2) is 0 Å². The van der Waals surface area contributed by atoms with E-state index in [9.17, 15) is 0 Å². The van der Waals surface area contributed by atoms with Crippen LogP contribution < -0.4 is 0 Å². The van der Waals surface area contributed by atoms with Gasteiger partial charge in [-0.15, -0.1) is 0 Å². The van der Waals surface area contributed by atoms with Crippen LogP contribution >= 0.6 is 0 Å². The zero-order valence-electron chi connectivity index (χ0n) is 7.43. The molecule has 62 valence electrons. The molecule has 0 aliphatic rings. The molecular formula is C10H17N. The highest BCUT2D eigenvalue weighted by molar-refractivity contribution is 5.03. The third kappa shape index (κ3) is 3.26. The summed E-state index contributed by atoms with van der Waals surface area (Å²) in [6.07, 6.45) is 5.83. The van der Waals surface area contributed by atoms with E-state index in [0.717, 1.165) is 5.92 Å². The van der Waals surface area contributed by atoms with E-state index in [1.54, 1.807) is 0 Å². The molecule has 0 amide bonds. The lowest BCUT2D eigenvalue weighted by molar-refractivity contribution is 0.553. The molecule has 1 heterocycles. The van der Waals surface area contributed by atoms with Crippen LogP contribution in [-0.2, 0) is 6.42 Å². The number of rotatable bonds is 4. The minimum absolute atomic E-state index is 0.838. The molecule has 0 unspecified atom stereocenters. The molecule has 0 radical (unpaired) electrons.